The van der Waals surface area contributed by atoms with Crippen molar-refractivity contribution in [2.45, 2.75) is 39.5 Å². The van der Waals surface area contributed by atoms with Gasteiger partial charge in [-0.2, -0.15) is 0 Å². The Balaban J connectivity index is 3.13. The molecule has 1 atom stereocenters. The summed E-state index contributed by atoms with van der Waals surface area (Å²) < 4.78 is 71.7. The SMILES string of the molecule is CCCCC(CC)C(=O)OCCOCCOCCOCCOCCOCCOCCOCCOCCOCCOCCOCCOCCI. The molecule has 0 aromatic carbocycles. The van der Waals surface area contributed by atoms with Crippen LogP contribution in [0, 0.1) is 5.92 Å². The average Bonchev–Trinajstić information content (AvgIpc) is 3.11. The number of alkyl halides is 1. The number of ether oxygens (including phenoxy) is 13. The number of rotatable bonds is 43. The van der Waals surface area contributed by atoms with Crippen LogP contribution < -0.4 is 0 Å². The predicted octanol–water partition coefficient (Wildman–Crippen LogP) is 3.38. The van der Waals surface area contributed by atoms with Crippen LogP contribution in [0.1, 0.15) is 39.5 Å². The van der Waals surface area contributed by atoms with Gasteiger partial charge < -0.3 is 61.6 Å². The maximum Gasteiger partial charge on any atom is 0.308 e. The summed E-state index contributed by atoms with van der Waals surface area (Å²) in [6, 6.07) is 0. The summed E-state index contributed by atoms with van der Waals surface area (Å²) in [6.07, 6.45) is 3.83. The highest BCUT2D eigenvalue weighted by Gasteiger charge is 2.16. The quantitative estimate of drug-likeness (QED) is 0.0385. The van der Waals surface area contributed by atoms with E-state index in [0.29, 0.717) is 152 Å². The highest BCUT2D eigenvalue weighted by atomic mass is 127. The lowest BCUT2D eigenvalue weighted by molar-refractivity contribution is -0.150. The zero-order valence-electron chi connectivity index (χ0n) is 30.4. The molecule has 0 aliphatic carbocycles. The second-order valence-corrected chi connectivity index (χ2v) is 11.5. The molecule has 1 unspecified atom stereocenters. The third-order valence-corrected chi connectivity index (χ3v) is 6.96. The van der Waals surface area contributed by atoms with E-state index in [2.05, 4.69) is 29.5 Å². The molecule has 0 amide bonds. The zero-order valence-corrected chi connectivity index (χ0v) is 32.5. The van der Waals surface area contributed by atoms with Crippen LogP contribution in [0.4, 0.5) is 0 Å². The van der Waals surface area contributed by atoms with Crippen LogP contribution in [0.5, 0.6) is 0 Å². The molecule has 0 aromatic rings. The van der Waals surface area contributed by atoms with Gasteiger partial charge >= 0.3 is 5.97 Å². The van der Waals surface area contributed by atoms with Crippen molar-refractivity contribution < 1.29 is 66.4 Å². The Morgan fingerprint density at radius 1 is 0.408 bits per heavy atom. The first-order valence-electron chi connectivity index (χ1n) is 17.9. The van der Waals surface area contributed by atoms with Crippen molar-refractivity contribution in [1.82, 2.24) is 0 Å². The molecule has 0 saturated carbocycles. The van der Waals surface area contributed by atoms with Crippen LogP contribution in [-0.4, -0.2) is 176 Å². The van der Waals surface area contributed by atoms with Gasteiger partial charge in [-0.3, -0.25) is 4.79 Å². The molecule has 15 heteroatoms. The molecule has 0 radical (unpaired) electrons. The molecule has 0 heterocycles. The van der Waals surface area contributed by atoms with E-state index in [4.69, 9.17) is 61.6 Å². The molecule has 0 spiro atoms. The fraction of sp³-hybridized carbons (Fsp3) is 0.971. The Morgan fingerprint density at radius 3 is 0.878 bits per heavy atom. The monoisotopic (exact) mass is 826 g/mol. The number of hydrogen-bond acceptors (Lipinski definition) is 14. The van der Waals surface area contributed by atoms with Gasteiger partial charge in [-0.1, -0.05) is 49.3 Å². The number of unbranched alkanes of at least 4 members (excludes halogenated alkanes) is 1. The Kier molecular flexibility index (Phi) is 43.6. The molecule has 0 bridgehead atoms. The van der Waals surface area contributed by atoms with Crippen molar-refractivity contribution in [3.8, 4) is 0 Å². The van der Waals surface area contributed by atoms with Crippen LogP contribution in [0.3, 0.4) is 0 Å². The van der Waals surface area contributed by atoms with Gasteiger partial charge in [-0.25, -0.2) is 0 Å². The van der Waals surface area contributed by atoms with Crippen molar-refractivity contribution in [2.24, 2.45) is 5.92 Å². The standard InChI is InChI=1S/C34H67IO14/c1-3-5-6-33(4-2)34(36)49-32-31-48-30-29-47-28-27-46-26-25-45-24-23-44-22-21-43-20-19-42-18-17-41-16-15-40-14-13-39-12-11-38-10-9-37-8-7-35/h33H,3-32H2,1-2H3. The molecular weight excluding hydrogens is 759 g/mol. The van der Waals surface area contributed by atoms with Gasteiger partial charge in [0.05, 0.1) is 164 Å². The van der Waals surface area contributed by atoms with E-state index in [1.54, 1.807) is 0 Å². The molecule has 0 aliphatic rings. The Labute approximate surface area is 309 Å². The summed E-state index contributed by atoms with van der Waals surface area (Å²) in [4.78, 5) is 12.0. The van der Waals surface area contributed by atoms with Gasteiger partial charge in [0.15, 0.2) is 0 Å². The minimum absolute atomic E-state index is 0.00398. The maximum absolute atomic E-state index is 12.0. The summed E-state index contributed by atoms with van der Waals surface area (Å²) in [6.45, 7) is 16.9. The third kappa shape index (κ3) is 40.4. The van der Waals surface area contributed by atoms with Gasteiger partial charge in [-0.05, 0) is 12.8 Å². The van der Waals surface area contributed by atoms with Gasteiger partial charge in [-0.15, -0.1) is 0 Å². The van der Waals surface area contributed by atoms with E-state index in [1.807, 2.05) is 6.92 Å². The van der Waals surface area contributed by atoms with Crippen molar-refractivity contribution in [3.63, 3.8) is 0 Å². The lowest BCUT2D eigenvalue weighted by Gasteiger charge is -2.13. The lowest BCUT2D eigenvalue weighted by atomic mass is 10.00. The largest absolute Gasteiger partial charge is 0.463 e. The molecule has 0 aromatic heterocycles. The minimum Gasteiger partial charge on any atom is -0.463 e. The van der Waals surface area contributed by atoms with E-state index < -0.39 is 0 Å². The number of halogens is 1. The molecule has 0 N–H and O–H groups in total. The van der Waals surface area contributed by atoms with Crippen molar-refractivity contribution in [2.75, 3.05) is 170 Å². The summed E-state index contributed by atoms with van der Waals surface area (Å²) in [7, 11) is 0. The van der Waals surface area contributed by atoms with Crippen molar-refractivity contribution in [3.05, 3.63) is 0 Å². The first kappa shape index (κ1) is 48.7. The molecule has 14 nitrogen and oxygen atoms in total. The third-order valence-electron chi connectivity index (χ3n) is 6.52. The second-order valence-electron chi connectivity index (χ2n) is 10.5. The van der Waals surface area contributed by atoms with E-state index in [9.17, 15) is 4.79 Å². The van der Waals surface area contributed by atoms with Crippen LogP contribution >= 0.6 is 22.6 Å². The summed E-state index contributed by atoms with van der Waals surface area (Å²) >= 11 is 2.28. The average molecular weight is 827 g/mol. The molecule has 49 heavy (non-hydrogen) atoms. The first-order valence-corrected chi connectivity index (χ1v) is 19.4. The highest BCUT2D eigenvalue weighted by molar-refractivity contribution is 14.1. The van der Waals surface area contributed by atoms with E-state index in [0.717, 1.165) is 36.7 Å². The highest BCUT2D eigenvalue weighted by Crippen LogP contribution is 2.14. The first-order chi connectivity index (χ1) is 24.3. The number of hydrogen-bond donors (Lipinski definition) is 0. The fourth-order valence-corrected chi connectivity index (χ4v) is 4.15. The second kappa shape index (κ2) is 43.9. The summed E-state index contributed by atoms with van der Waals surface area (Å²) in [5, 5.41) is 0. The Hall–Kier alpha value is -0.280. The summed E-state index contributed by atoms with van der Waals surface area (Å²) in [5.41, 5.74) is 0. The number of carbonyl (C=O) groups excluding carboxylic acids is 1. The molecular formula is C34H67IO14. The van der Waals surface area contributed by atoms with Crippen LogP contribution in [0.25, 0.3) is 0 Å². The predicted molar refractivity (Wildman–Crippen MR) is 193 cm³/mol. The molecule has 0 aliphatic heterocycles. The van der Waals surface area contributed by atoms with Crippen LogP contribution in [-0.2, 0) is 66.4 Å². The maximum atomic E-state index is 12.0. The van der Waals surface area contributed by atoms with Gasteiger partial charge in [0.25, 0.3) is 0 Å². The van der Waals surface area contributed by atoms with E-state index >= 15 is 0 Å². The van der Waals surface area contributed by atoms with Crippen molar-refractivity contribution >= 4 is 28.6 Å². The molecule has 0 saturated heterocycles. The molecule has 0 rings (SSSR count). The smallest absolute Gasteiger partial charge is 0.308 e. The van der Waals surface area contributed by atoms with E-state index in [-0.39, 0.29) is 18.5 Å². The lowest BCUT2D eigenvalue weighted by Crippen LogP contribution is -2.20. The summed E-state index contributed by atoms with van der Waals surface area (Å²) in [5.74, 6) is -0.124. The Morgan fingerprint density at radius 2 is 0.653 bits per heavy atom. The number of esters is 1. The van der Waals surface area contributed by atoms with Crippen LogP contribution in [0.15, 0.2) is 0 Å². The fourth-order valence-electron chi connectivity index (χ4n) is 3.83. The topological polar surface area (TPSA) is 137 Å². The molecule has 0 fully saturated rings. The van der Waals surface area contributed by atoms with Gasteiger partial charge in [0.1, 0.15) is 6.61 Å². The zero-order chi connectivity index (χ0) is 35.6. The normalized spacial score (nSPS) is 12.1. The van der Waals surface area contributed by atoms with Crippen LogP contribution in [0.2, 0.25) is 0 Å². The van der Waals surface area contributed by atoms with Crippen molar-refractivity contribution in [1.29, 1.82) is 0 Å². The number of carbonyl (C=O) groups is 1. The van der Waals surface area contributed by atoms with E-state index in [1.165, 1.54) is 0 Å². The molecule has 294 valence electrons. The van der Waals surface area contributed by atoms with Gasteiger partial charge in [0, 0.05) is 4.43 Å². The Bertz CT molecular complexity index is 638. The van der Waals surface area contributed by atoms with Gasteiger partial charge in [0.2, 0.25) is 0 Å². The minimum atomic E-state index is -0.120.